The highest BCUT2D eigenvalue weighted by Crippen LogP contribution is 2.27. The van der Waals surface area contributed by atoms with Crippen LogP contribution in [0.2, 0.25) is 0 Å². The third-order valence-electron chi connectivity index (χ3n) is 4.72. The molecule has 0 aliphatic carbocycles. The molecule has 1 heterocycles. The Labute approximate surface area is 169 Å². The average molecular weight is 397 g/mol. The van der Waals surface area contributed by atoms with Crippen LogP contribution < -0.4 is 5.32 Å². The number of ether oxygens (including phenoxy) is 1. The molecule has 3 nitrogen and oxygen atoms in total. The van der Waals surface area contributed by atoms with Crippen molar-refractivity contribution in [2.24, 2.45) is 0 Å². The number of rotatable bonds is 8. The molecule has 0 unspecified atom stereocenters. The number of hydrogen-bond acceptors (Lipinski definition) is 3. The maximum absolute atomic E-state index is 5.39. The van der Waals surface area contributed by atoms with Gasteiger partial charge < -0.3 is 10.1 Å². The third-order valence-corrected chi connectivity index (χ3v) is 4.72. The summed E-state index contributed by atoms with van der Waals surface area (Å²) in [4.78, 5) is 2.47. The minimum atomic E-state index is 0. The zero-order valence-electron chi connectivity index (χ0n) is 15.2. The van der Waals surface area contributed by atoms with Crippen LogP contribution in [-0.2, 0) is 4.74 Å². The van der Waals surface area contributed by atoms with Gasteiger partial charge in [0.05, 0.1) is 13.2 Å². The topological polar surface area (TPSA) is 24.5 Å². The summed E-state index contributed by atoms with van der Waals surface area (Å²) in [5, 5.41) is 3.62. The fraction of sp³-hybridized carbons (Fsp3) is 0.429. The Balaban J connectivity index is 0.00000169. The van der Waals surface area contributed by atoms with Crippen LogP contribution in [0.3, 0.4) is 0 Å². The molecule has 0 bridgehead atoms. The van der Waals surface area contributed by atoms with Crippen LogP contribution in [0.5, 0.6) is 0 Å². The van der Waals surface area contributed by atoms with Crippen molar-refractivity contribution < 1.29 is 4.74 Å². The molecule has 1 N–H and O–H groups in total. The summed E-state index contributed by atoms with van der Waals surface area (Å²) < 4.78 is 5.39. The molecule has 2 aromatic carbocycles. The van der Waals surface area contributed by atoms with Gasteiger partial charge in [0.25, 0.3) is 0 Å². The van der Waals surface area contributed by atoms with Crippen molar-refractivity contribution in [1.29, 1.82) is 0 Å². The van der Waals surface area contributed by atoms with Crippen molar-refractivity contribution in [2.75, 3.05) is 45.9 Å². The predicted octanol–water partition coefficient (Wildman–Crippen LogP) is 3.97. The molecule has 0 saturated carbocycles. The molecular formula is C21H30Cl2N2O. The van der Waals surface area contributed by atoms with Gasteiger partial charge in [-0.1, -0.05) is 60.7 Å². The maximum atomic E-state index is 5.39. The van der Waals surface area contributed by atoms with Crippen molar-refractivity contribution in [3.63, 3.8) is 0 Å². The first-order valence-electron chi connectivity index (χ1n) is 9.04. The number of halogens is 2. The van der Waals surface area contributed by atoms with E-state index in [4.69, 9.17) is 4.74 Å². The molecule has 144 valence electrons. The normalized spacial score (nSPS) is 14.5. The summed E-state index contributed by atoms with van der Waals surface area (Å²) in [6.45, 7) is 7.10. The van der Waals surface area contributed by atoms with E-state index in [2.05, 4.69) is 70.9 Å². The van der Waals surface area contributed by atoms with E-state index in [0.29, 0.717) is 5.92 Å². The largest absolute Gasteiger partial charge is 0.379 e. The Morgan fingerprint density at radius 3 is 1.88 bits per heavy atom. The Hall–Kier alpha value is -1.10. The minimum Gasteiger partial charge on any atom is -0.379 e. The molecule has 1 aliphatic rings. The van der Waals surface area contributed by atoms with E-state index in [0.717, 1.165) is 52.4 Å². The van der Waals surface area contributed by atoms with Crippen LogP contribution >= 0.6 is 24.8 Å². The molecule has 0 atom stereocenters. The monoisotopic (exact) mass is 396 g/mol. The van der Waals surface area contributed by atoms with Gasteiger partial charge in [0.1, 0.15) is 0 Å². The number of benzene rings is 2. The molecule has 0 radical (unpaired) electrons. The average Bonchev–Trinajstić information content (AvgIpc) is 2.67. The molecule has 5 heteroatoms. The second kappa shape index (κ2) is 13.1. The second-order valence-electron chi connectivity index (χ2n) is 6.37. The lowest BCUT2D eigenvalue weighted by molar-refractivity contribution is 0.0384. The van der Waals surface area contributed by atoms with Gasteiger partial charge in [-0.25, -0.2) is 0 Å². The predicted molar refractivity (Wildman–Crippen MR) is 114 cm³/mol. The second-order valence-corrected chi connectivity index (χ2v) is 6.37. The lowest BCUT2D eigenvalue weighted by Crippen LogP contribution is -2.40. The molecule has 26 heavy (non-hydrogen) atoms. The van der Waals surface area contributed by atoms with Crippen LogP contribution in [-0.4, -0.2) is 50.8 Å². The number of hydrogen-bond donors (Lipinski definition) is 1. The fourth-order valence-corrected chi connectivity index (χ4v) is 3.33. The van der Waals surface area contributed by atoms with Crippen LogP contribution in [0.25, 0.3) is 0 Å². The lowest BCUT2D eigenvalue weighted by Gasteiger charge is -2.26. The summed E-state index contributed by atoms with van der Waals surface area (Å²) in [6.07, 6.45) is 1.12. The molecular weight excluding hydrogens is 367 g/mol. The van der Waals surface area contributed by atoms with Gasteiger partial charge in [0.2, 0.25) is 0 Å². The molecule has 0 amide bonds. The molecule has 0 spiro atoms. The smallest absolute Gasteiger partial charge is 0.0594 e. The standard InChI is InChI=1S/C21H28N2O.2ClH/c1-3-7-19(8-4-1)21(20-9-5-2-6-10-20)11-12-22-13-14-23-15-17-24-18-16-23;;/h1-10,21-22H,11-18H2;2*1H. The van der Waals surface area contributed by atoms with Crippen molar-refractivity contribution in [1.82, 2.24) is 10.2 Å². The minimum absolute atomic E-state index is 0. The van der Waals surface area contributed by atoms with Gasteiger partial charge in [-0.2, -0.15) is 0 Å². The number of nitrogens with zero attached hydrogens (tertiary/aromatic N) is 1. The van der Waals surface area contributed by atoms with Crippen molar-refractivity contribution >= 4 is 24.8 Å². The SMILES string of the molecule is Cl.Cl.c1ccc(C(CCNCCN2CCOCC2)c2ccccc2)cc1. The summed E-state index contributed by atoms with van der Waals surface area (Å²) in [6, 6.07) is 21.7. The van der Waals surface area contributed by atoms with E-state index < -0.39 is 0 Å². The van der Waals surface area contributed by atoms with Crippen molar-refractivity contribution in [3.8, 4) is 0 Å². The van der Waals surface area contributed by atoms with Gasteiger partial charge in [-0.05, 0) is 24.1 Å². The molecule has 1 aliphatic heterocycles. The first-order chi connectivity index (χ1) is 11.9. The van der Waals surface area contributed by atoms with Crippen molar-refractivity contribution in [3.05, 3.63) is 71.8 Å². The van der Waals surface area contributed by atoms with E-state index in [1.54, 1.807) is 0 Å². The van der Waals surface area contributed by atoms with Gasteiger partial charge in [0.15, 0.2) is 0 Å². The van der Waals surface area contributed by atoms with E-state index in [9.17, 15) is 0 Å². The van der Waals surface area contributed by atoms with Crippen LogP contribution in [0.4, 0.5) is 0 Å². The molecule has 2 aromatic rings. The zero-order chi connectivity index (χ0) is 16.5. The first-order valence-corrected chi connectivity index (χ1v) is 9.04. The van der Waals surface area contributed by atoms with E-state index >= 15 is 0 Å². The quantitative estimate of drug-likeness (QED) is 0.682. The number of nitrogens with one attached hydrogen (secondary N) is 1. The van der Waals surface area contributed by atoms with E-state index in [1.807, 2.05) is 0 Å². The van der Waals surface area contributed by atoms with Gasteiger partial charge in [-0.3, -0.25) is 4.90 Å². The third kappa shape index (κ3) is 7.26. The van der Waals surface area contributed by atoms with E-state index in [1.165, 1.54) is 11.1 Å². The van der Waals surface area contributed by atoms with Crippen LogP contribution in [0.1, 0.15) is 23.5 Å². The Bertz CT molecular complexity index is 538. The highest BCUT2D eigenvalue weighted by atomic mass is 35.5. The molecule has 0 aromatic heterocycles. The highest BCUT2D eigenvalue weighted by molar-refractivity contribution is 5.85. The summed E-state index contributed by atoms with van der Waals surface area (Å²) in [5.74, 6) is 0.461. The van der Waals surface area contributed by atoms with E-state index in [-0.39, 0.29) is 24.8 Å². The summed E-state index contributed by atoms with van der Waals surface area (Å²) in [7, 11) is 0. The highest BCUT2D eigenvalue weighted by Gasteiger charge is 2.13. The Morgan fingerprint density at radius 1 is 0.808 bits per heavy atom. The summed E-state index contributed by atoms with van der Waals surface area (Å²) >= 11 is 0. The lowest BCUT2D eigenvalue weighted by atomic mass is 9.88. The molecule has 1 fully saturated rings. The van der Waals surface area contributed by atoms with Gasteiger partial charge in [0, 0.05) is 32.1 Å². The zero-order valence-corrected chi connectivity index (χ0v) is 16.8. The molecule has 1 saturated heterocycles. The Kier molecular flexibility index (Phi) is 11.6. The van der Waals surface area contributed by atoms with Crippen molar-refractivity contribution in [2.45, 2.75) is 12.3 Å². The Morgan fingerprint density at radius 2 is 1.35 bits per heavy atom. The van der Waals surface area contributed by atoms with Gasteiger partial charge in [-0.15, -0.1) is 24.8 Å². The maximum Gasteiger partial charge on any atom is 0.0594 e. The van der Waals surface area contributed by atoms with Crippen LogP contribution in [0.15, 0.2) is 60.7 Å². The summed E-state index contributed by atoms with van der Waals surface area (Å²) in [5.41, 5.74) is 2.80. The fourth-order valence-electron chi connectivity index (χ4n) is 3.33. The van der Waals surface area contributed by atoms with Gasteiger partial charge >= 0.3 is 0 Å². The first kappa shape index (κ1) is 22.9. The number of morpholine rings is 1. The molecule has 3 rings (SSSR count). The van der Waals surface area contributed by atoms with Crippen LogP contribution in [0, 0.1) is 0 Å².